The molecule has 2 aliphatic carbocycles. The van der Waals surface area contributed by atoms with Crippen molar-refractivity contribution in [2.45, 2.75) is 24.3 Å². The van der Waals surface area contributed by atoms with Gasteiger partial charge in [0.2, 0.25) is 0 Å². The molecule has 2 aliphatic rings. The van der Waals surface area contributed by atoms with Crippen molar-refractivity contribution >= 4 is 5.97 Å². The number of carbonyl (C=O) groups is 1. The average Bonchev–Trinajstić information content (AvgIpc) is 2.72. The summed E-state index contributed by atoms with van der Waals surface area (Å²) in [5, 5.41) is 8.56. The van der Waals surface area contributed by atoms with Crippen molar-refractivity contribution in [3.05, 3.63) is 0 Å². The highest BCUT2D eigenvalue weighted by atomic mass is 19.3. The molecule has 3 N–H and O–H groups in total. The second kappa shape index (κ2) is 1.79. The van der Waals surface area contributed by atoms with Gasteiger partial charge in [0.1, 0.15) is 5.54 Å². The SMILES string of the molecule is NC1(C(=O)O)CC1C1CC1(F)F. The van der Waals surface area contributed by atoms with Crippen LogP contribution in [0.3, 0.4) is 0 Å². The molecule has 0 amide bonds. The van der Waals surface area contributed by atoms with E-state index in [0.29, 0.717) is 0 Å². The summed E-state index contributed by atoms with van der Waals surface area (Å²) < 4.78 is 24.9. The Bertz CT molecular complexity index is 256. The van der Waals surface area contributed by atoms with Gasteiger partial charge in [0.15, 0.2) is 0 Å². The minimum Gasteiger partial charge on any atom is -0.480 e. The molecule has 3 unspecified atom stereocenters. The number of alkyl halides is 2. The van der Waals surface area contributed by atoms with Gasteiger partial charge in [0, 0.05) is 12.3 Å². The zero-order valence-electron chi connectivity index (χ0n) is 6.26. The lowest BCUT2D eigenvalue weighted by molar-refractivity contribution is -0.140. The standard InChI is InChI=1S/C7H9F2NO2/c8-7(9)2-4(7)3-1-6(3,10)5(11)12/h3-4H,1-2,10H2,(H,11,12). The summed E-state index contributed by atoms with van der Waals surface area (Å²) in [5.41, 5.74) is 4.01. The highest BCUT2D eigenvalue weighted by Crippen LogP contribution is 2.63. The maximum absolute atomic E-state index is 12.4. The van der Waals surface area contributed by atoms with Crippen molar-refractivity contribution < 1.29 is 18.7 Å². The Hall–Kier alpha value is -0.710. The molecule has 0 aromatic heterocycles. The van der Waals surface area contributed by atoms with Gasteiger partial charge in [-0.3, -0.25) is 4.79 Å². The monoisotopic (exact) mass is 177 g/mol. The topological polar surface area (TPSA) is 63.3 Å². The minimum atomic E-state index is -2.65. The van der Waals surface area contributed by atoms with Gasteiger partial charge >= 0.3 is 5.97 Å². The number of hydrogen-bond donors (Lipinski definition) is 2. The van der Waals surface area contributed by atoms with Crippen LogP contribution in [0.2, 0.25) is 0 Å². The van der Waals surface area contributed by atoms with Crippen LogP contribution in [0.1, 0.15) is 12.8 Å². The molecule has 12 heavy (non-hydrogen) atoms. The largest absolute Gasteiger partial charge is 0.480 e. The molecule has 3 nitrogen and oxygen atoms in total. The van der Waals surface area contributed by atoms with E-state index in [0.717, 1.165) is 0 Å². The lowest BCUT2D eigenvalue weighted by Gasteiger charge is -2.03. The van der Waals surface area contributed by atoms with Crippen LogP contribution in [0.15, 0.2) is 0 Å². The summed E-state index contributed by atoms with van der Waals surface area (Å²) in [6, 6.07) is 0. The Morgan fingerprint density at radius 3 is 2.17 bits per heavy atom. The van der Waals surface area contributed by atoms with Gasteiger partial charge in [-0.05, 0) is 12.3 Å². The van der Waals surface area contributed by atoms with Crippen LogP contribution in [0, 0.1) is 11.8 Å². The van der Waals surface area contributed by atoms with Gasteiger partial charge in [0.25, 0.3) is 5.92 Å². The first-order valence-electron chi connectivity index (χ1n) is 3.78. The quantitative estimate of drug-likeness (QED) is 0.643. The Labute approximate surface area is 67.5 Å². The first kappa shape index (κ1) is 7.91. The Kier molecular flexibility index (Phi) is 1.18. The molecular formula is C7H9F2NO2. The highest BCUT2D eigenvalue weighted by molar-refractivity contribution is 5.83. The van der Waals surface area contributed by atoms with Crippen LogP contribution >= 0.6 is 0 Å². The maximum Gasteiger partial charge on any atom is 0.323 e. The van der Waals surface area contributed by atoms with Crippen molar-refractivity contribution in [3.8, 4) is 0 Å². The van der Waals surface area contributed by atoms with E-state index in [1.54, 1.807) is 0 Å². The molecule has 0 radical (unpaired) electrons. The van der Waals surface area contributed by atoms with Crippen molar-refractivity contribution in [1.29, 1.82) is 0 Å². The normalized spacial score (nSPS) is 48.6. The second-order valence-electron chi connectivity index (χ2n) is 3.73. The smallest absolute Gasteiger partial charge is 0.323 e. The summed E-state index contributed by atoms with van der Waals surface area (Å²) in [7, 11) is 0. The van der Waals surface area contributed by atoms with Crippen LogP contribution < -0.4 is 5.73 Å². The molecule has 0 aromatic rings. The molecule has 0 aliphatic heterocycles. The van der Waals surface area contributed by atoms with Crippen LogP contribution in [-0.4, -0.2) is 22.5 Å². The van der Waals surface area contributed by atoms with E-state index in [-0.39, 0.29) is 12.8 Å². The Morgan fingerprint density at radius 1 is 1.42 bits per heavy atom. The predicted octanol–water partition coefficient (Wildman–Crippen LogP) is 0.444. The second-order valence-corrected chi connectivity index (χ2v) is 3.73. The van der Waals surface area contributed by atoms with E-state index in [9.17, 15) is 13.6 Å². The summed E-state index contributed by atoms with van der Waals surface area (Å²) in [5.74, 6) is -5.10. The highest BCUT2D eigenvalue weighted by Gasteiger charge is 2.73. The zero-order chi connectivity index (χ0) is 9.15. The van der Waals surface area contributed by atoms with Crippen molar-refractivity contribution in [3.63, 3.8) is 0 Å². The molecule has 0 bridgehead atoms. The van der Waals surface area contributed by atoms with Crippen molar-refractivity contribution in [2.75, 3.05) is 0 Å². The van der Waals surface area contributed by atoms with Gasteiger partial charge in [0.05, 0.1) is 0 Å². The van der Waals surface area contributed by atoms with E-state index < -0.39 is 29.3 Å². The molecule has 0 saturated heterocycles. The van der Waals surface area contributed by atoms with Gasteiger partial charge in [-0.25, -0.2) is 8.78 Å². The molecule has 5 heteroatoms. The fourth-order valence-corrected chi connectivity index (χ4v) is 1.72. The van der Waals surface area contributed by atoms with E-state index in [4.69, 9.17) is 10.8 Å². The van der Waals surface area contributed by atoms with Gasteiger partial charge in [-0.15, -0.1) is 0 Å². The number of aliphatic carboxylic acids is 1. The zero-order valence-corrected chi connectivity index (χ0v) is 6.26. The lowest BCUT2D eigenvalue weighted by atomic mass is 10.1. The maximum atomic E-state index is 12.4. The Morgan fingerprint density at radius 2 is 1.92 bits per heavy atom. The van der Waals surface area contributed by atoms with Crippen LogP contribution in [-0.2, 0) is 4.79 Å². The van der Waals surface area contributed by atoms with E-state index in [1.807, 2.05) is 0 Å². The summed E-state index contributed by atoms with van der Waals surface area (Å²) in [4.78, 5) is 10.5. The van der Waals surface area contributed by atoms with Crippen LogP contribution in [0.25, 0.3) is 0 Å². The molecule has 0 spiro atoms. The first-order valence-corrected chi connectivity index (χ1v) is 3.78. The van der Waals surface area contributed by atoms with Gasteiger partial charge in [-0.1, -0.05) is 0 Å². The fraction of sp³-hybridized carbons (Fsp3) is 0.857. The minimum absolute atomic E-state index is 0.191. The number of halogens is 2. The van der Waals surface area contributed by atoms with Crippen LogP contribution in [0.5, 0.6) is 0 Å². The molecule has 0 heterocycles. The molecule has 68 valence electrons. The number of nitrogens with two attached hydrogens (primary N) is 1. The first-order chi connectivity index (χ1) is 5.38. The number of hydrogen-bond acceptors (Lipinski definition) is 2. The third kappa shape index (κ3) is 0.857. The van der Waals surface area contributed by atoms with Gasteiger partial charge < -0.3 is 10.8 Å². The number of carboxylic acid groups (broad SMARTS) is 1. The average molecular weight is 177 g/mol. The summed E-state index contributed by atoms with van der Waals surface area (Å²) in [6.07, 6.45) is 0.00644. The summed E-state index contributed by atoms with van der Waals surface area (Å²) >= 11 is 0. The third-order valence-electron chi connectivity index (χ3n) is 2.82. The molecule has 3 atom stereocenters. The molecule has 2 saturated carbocycles. The molecule has 2 fully saturated rings. The number of rotatable bonds is 2. The van der Waals surface area contributed by atoms with Crippen molar-refractivity contribution in [1.82, 2.24) is 0 Å². The van der Waals surface area contributed by atoms with E-state index in [2.05, 4.69) is 0 Å². The third-order valence-corrected chi connectivity index (χ3v) is 2.82. The Balaban J connectivity index is 2.01. The molecule has 2 rings (SSSR count). The number of carboxylic acids is 1. The molecular weight excluding hydrogens is 168 g/mol. The van der Waals surface area contributed by atoms with Crippen LogP contribution in [0.4, 0.5) is 8.78 Å². The molecule has 0 aromatic carbocycles. The van der Waals surface area contributed by atoms with E-state index in [1.165, 1.54) is 0 Å². The predicted molar refractivity (Wildman–Crippen MR) is 35.7 cm³/mol. The summed E-state index contributed by atoms with van der Waals surface area (Å²) in [6.45, 7) is 0. The van der Waals surface area contributed by atoms with Gasteiger partial charge in [-0.2, -0.15) is 0 Å². The lowest BCUT2D eigenvalue weighted by Crippen LogP contribution is -2.35. The van der Waals surface area contributed by atoms with E-state index >= 15 is 0 Å². The fourth-order valence-electron chi connectivity index (χ4n) is 1.72. The van der Waals surface area contributed by atoms with Crippen molar-refractivity contribution in [2.24, 2.45) is 17.6 Å².